The lowest BCUT2D eigenvalue weighted by molar-refractivity contribution is 0.627. The fourth-order valence-corrected chi connectivity index (χ4v) is 3.40. The summed E-state index contributed by atoms with van der Waals surface area (Å²) in [6.07, 6.45) is 0.751. The molecule has 2 nitrogen and oxygen atoms in total. The summed E-state index contributed by atoms with van der Waals surface area (Å²) in [4.78, 5) is 0. The molecular formula is C22H18ClFN2. The molecule has 0 fully saturated rings. The van der Waals surface area contributed by atoms with Crippen molar-refractivity contribution < 1.29 is 4.39 Å². The van der Waals surface area contributed by atoms with Gasteiger partial charge in [0.05, 0.1) is 17.4 Å². The highest BCUT2D eigenvalue weighted by Gasteiger charge is 2.30. The molecule has 1 atom stereocenters. The van der Waals surface area contributed by atoms with Gasteiger partial charge in [0.25, 0.3) is 0 Å². The monoisotopic (exact) mass is 364 g/mol. The number of rotatable bonds is 3. The first-order chi connectivity index (χ1) is 12.6. The summed E-state index contributed by atoms with van der Waals surface area (Å²) < 4.78 is 13.3. The lowest BCUT2D eigenvalue weighted by atomic mass is 9.98. The molecule has 0 spiro atoms. The number of hydrogen-bond acceptors (Lipinski definition) is 2. The van der Waals surface area contributed by atoms with Crippen molar-refractivity contribution in [3.63, 3.8) is 0 Å². The van der Waals surface area contributed by atoms with E-state index in [9.17, 15) is 4.39 Å². The first kappa shape index (κ1) is 16.8. The molecule has 0 unspecified atom stereocenters. The van der Waals surface area contributed by atoms with Crippen LogP contribution in [0.3, 0.4) is 0 Å². The third-order valence-electron chi connectivity index (χ3n) is 4.69. The maximum absolute atomic E-state index is 13.3. The molecule has 0 aromatic heterocycles. The topological polar surface area (TPSA) is 15.6 Å². The third-order valence-corrected chi connectivity index (χ3v) is 5.10. The van der Waals surface area contributed by atoms with E-state index < -0.39 is 0 Å². The van der Waals surface area contributed by atoms with Gasteiger partial charge in [0.1, 0.15) is 5.82 Å². The van der Waals surface area contributed by atoms with Gasteiger partial charge in [-0.25, -0.2) is 4.39 Å². The Morgan fingerprint density at radius 2 is 1.73 bits per heavy atom. The van der Waals surface area contributed by atoms with Crippen LogP contribution in [0, 0.1) is 12.7 Å². The molecule has 0 N–H and O–H groups in total. The molecule has 130 valence electrons. The maximum Gasteiger partial charge on any atom is 0.123 e. The van der Waals surface area contributed by atoms with Crippen molar-refractivity contribution in [3.05, 3.63) is 100 Å². The van der Waals surface area contributed by atoms with Gasteiger partial charge in [-0.2, -0.15) is 5.10 Å². The molecular weight excluding hydrogens is 347 g/mol. The second kappa shape index (κ2) is 6.93. The Kier molecular flexibility index (Phi) is 4.48. The summed E-state index contributed by atoms with van der Waals surface area (Å²) in [6, 6.07) is 22.9. The van der Waals surface area contributed by atoms with Gasteiger partial charge in [-0.1, -0.05) is 60.1 Å². The molecule has 0 aliphatic carbocycles. The van der Waals surface area contributed by atoms with Crippen LogP contribution in [-0.2, 0) is 0 Å². The van der Waals surface area contributed by atoms with Gasteiger partial charge in [-0.3, -0.25) is 5.01 Å². The summed E-state index contributed by atoms with van der Waals surface area (Å²) in [6.45, 7) is 1.98. The Bertz CT molecular complexity index is 952. The van der Waals surface area contributed by atoms with Crippen molar-refractivity contribution in [3.8, 4) is 0 Å². The highest BCUT2D eigenvalue weighted by atomic mass is 35.5. The molecule has 0 bridgehead atoms. The molecule has 26 heavy (non-hydrogen) atoms. The normalized spacial score (nSPS) is 16.7. The van der Waals surface area contributed by atoms with E-state index in [2.05, 4.69) is 12.1 Å². The lowest BCUT2D eigenvalue weighted by Crippen LogP contribution is -2.18. The molecule has 3 aromatic rings. The molecule has 1 heterocycles. The van der Waals surface area contributed by atoms with E-state index >= 15 is 0 Å². The van der Waals surface area contributed by atoms with Crippen LogP contribution < -0.4 is 5.01 Å². The van der Waals surface area contributed by atoms with Crippen molar-refractivity contribution >= 4 is 23.0 Å². The van der Waals surface area contributed by atoms with Gasteiger partial charge in [0.15, 0.2) is 0 Å². The second-order valence-electron chi connectivity index (χ2n) is 6.46. The number of benzene rings is 3. The van der Waals surface area contributed by atoms with Crippen molar-refractivity contribution in [2.45, 2.75) is 19.4 Å². The van der Waals surface area contributed by atoms with Crippen LogP contribution >= 0.6 is 11.6 Å². The van der Waals surface area contributed by atoms with Gasteiger partial charge >= 0.3 is 0 Å². The summed E-state index contributed by atoms with van der Waals surface area (Å²) in [5, 5.41) is 7.59. The van der Waals surface area contributed by atoms with Crippen molar-refractivity contribution in [2.24, 2.45) is 5.10 Å². The number of halogens is 2. The fraction of sp³-hybridized carbons (Fsp3) is 0.136. The van der Waals surface area contributed by atoms with Gasteiger partial charge in [-0.05, 0) is 47.9 Å². The van der Waals surface area contributed by atoms with Gasteiger partial charge in [0.2, 0.25) is 0 Å². The Labute approximate surface area is 157 Å². The number of hydrazone groups is 1. The first-order valence-corrected chi connectivity index (χ1v) is 8.93. The molecule has 4 heteroatoms. The smallest absolute Gasteiger partial charge is 0.123 e. The van der Waals surface area contributed by atoms with Crippen molar-refractivity contribution in [1.29, 1.82) is 0 Å². The second-order valence-corrected chi connectivity index (χ2v) is 6.87. The zero-order valence-corrected chi connectivity index (χ0v) is 15.1. The van der Waals surface area contributed by atoms with Gasteiger partial charge in [-0.15, -0.1) is 0 Å². The number of hydrogen-bond donors (Lipinski definition) is 0. The molecule has 3 aromatic carbocycles. The number of anilines is 1. The minimum atomic E-state index is -0.242. The highest BCUT2D eigenvalue weighted by Crippen LogP contribution is 2.37. The van der Waals surface area contributed by atoms with E-state index in [1.54, 1.807) is 12.1 Å². The van der Waals surface area contributed by atoms with Crippen LogP contribution in [0.5, 0.6) is 0 Å². The summed E-state index contributed by atoms with van der Waals surface area (Å²) in [5.74, 6) is -0.242. The van der Waals surface area contributed by atoms with Gasteiger partial charge < -0.3 is 0 Å². The molecule has 1 aliphatic rings. The van der Waals surface area contributed by atoms with E-state index in [4.69, 9.17) is 16.7 Å². The highest BCUT2D eigenvalue weighted by molar-refractivity contribution is 6.31. The largest absolute Gasteiger partial charge is 0.257 e. The minimum absolute atomic E-state index is 0.0787. The zero-order valence-electron chi connectivity index (χ0n) is 14.4. The standard InChI is InChI=1S/C22H18ClFN2/c1-15-7-12-19(13-20(15)23)26-22(17-5-3-2-4-6-17)14-21(25-26)16-8-10-18(24)11-9-16/h2-13,22H,14H2,1H3/t22-/m1/s1. The van der Waals surface area contributed by atoms with Crippen molar-refractivity contribution in [2.75, 3.05) is 5.01 Å². The molecule has 0 saturated carbocycles. The minimum Gasteiger partial charge on any atom is -0.257 e. The third kappa shape index (κ3) is 3.23. The van der Waals surface area contributed by atoms with Gasteiger partial charge in [0, 0.05) is 11.4 Å². The summed E-state index contributed by atoms with van der Waals surface area (Å²) in [7, 11) is 0. The van der Waals surface area contributed by atoms with E-state index in [0.717, 1.165) is 34.0 Å². The molecule has 0 amide bonds. The zero-order chi connectivity index (χ0) is 18.1. The fourth-order valence-electron chi connectivity index (χ4n) is 3.22. The maximum atomic E-state index is 13.3. The first-order valence-electron chi connectivity index (χ1n) is 8.55. The van der Waals surface area contributed by atoms with E-state index in [-0.39, 0.29) is 11.9 Å². The predicted molar refractivity (Wildman–Crippen MR) is 105 cm³/mol. The average molecular weight is 365 g/mol. The molecule has 4 rings (SSSR count). The van der Waals surface area contributed by atoms with E-state index in [1.165, 1.54) is 17.7 Å². The Hall–Kier alpha value is -2.65. The number of nitrogens with zero attached hydrogens (tertiary/aromatic N) is 2. The summed E-state index contributed by atoms with van der Waals surface area (Å²) >= 11 is 6.34. The lowest BCUT2D eigenvalue weighted by Gasteiger charge is -2.24. The quantitative estimate of drug-likeness (QED) is 0.544. The van der Waals surface area contributed by atoms with Crippen LogP contribution in [0.15, 0.2) is 77.9 Å². The molecule has 0 radical (unpaired) electrons. The van der Waals surface area contributed by atoms with Crippen LogP contribution in [0.25, 0.3) is 0 Å². The number of aryl methyl sites for hydroxylation is 1. The SMILES string of the molecule is Cc1ccc(N2N=C(c3ccc(F)cc3)C[C@@H]2c2ccccc2)cc1Cl. The summed E-state index contributed by atoms with van der Waals surface area (Å²) in [5.41, 5.74) is 5.05. The van der Waals surface area contributed by atoms with E-state index in [0.29, 0.717) is 0 Å². The average Bonchev–Trinajstić information content (AvgIpc) is 3.11. The van der Waals surface area contributed by atoms with E-state index in [1.807, 2.05) is 48.3 Å². The van der Waals surface area contributed by atoms with Crippen LogP contribution in [0.2, 0.25) is 5.02 Å². The molecule has 0 saturated heterocycles. The molecule has 1 aliphatic heterocycles. The van der Waals surface area contributed by atoms with Crippen LogP contribution in [0.1, 0.15) is 29.2 Å². The van der Waals surface area contributed by atoms with Crippen molar-refractivity contribution in [1.82, 2.24) is 0 Å². The Balaban J connectivity index is 1.76. The van der Waals surface area contributed by atoms with Crippen LogP contribution in [-0.4, -0.2) is 5.71 Å². The Morgan fingerprint density at radius 3 is 2.42 bits per heavy atom. The predicted octanol–water partition coefficient (Wildman–Crippen LogP) is 6.14. The Morgan fingerprint density at radius 1 is 1.00 bits per heavy atom. The van der Waals surface area contributed by atoms with Crippen LogP contribution in [0.4, 0.5) is 10.1 Å².